The van der Waals surface area contributed by atoms with Crippen LogP contribution < -0.4 is 15.0 Å². The van der Waals surface area contributed by atoms with E-state index in [9.17, 15) is 13.6 Å². The molecular formula is C16H16F2N2O2. The van der Waals surface area contributed by atoms with E-state index in [2.05, 4.69) is 10.1 Å². The quantitative estimate of drug-likeness (QED) is 0.917. The Morgan fingerprint density at radius 2 is 1.82 bits per heavy atom. The second kappa shape index (κ2) is 6.89. The normalized spacial score (nSPS) is 10.4. The Morgan fingerprint density at radius 1 is 1.14 bits per heavy atom. The zero-order valence-electron chi connectivity index (χ0n) is 12.2. The lowest BCUT2D eigenvalue weighted by atomic mass is 10.1. The van der Waals surface area contributed by atoms with E-state index in [0.29, 0.717) is 11.3 Å². The van der Waals surface area contributed by atoms with Gasteiger partial charge in [0.25, 0.3) is 5.91 Å². The number of anilines is 2. The molecule has 0 bridgehead atoms. The summed E-state index contributed by atoms with van der Waals surface area (Å²) in [4.78, 5) is 14.1. The molecule has 0 spiro atoms. The number of nitrogens with zero attached hydrogens (tertiary/aromatic N) is 1. The van der Waals surface area contributed by atoms with E-state index in [1.807, 2.05) is 25.1 Å². The topological polar surface area (TPSA) is 41.6 Å². The van der Waals surface area contributed by atoms with Crippen molar-refractivity contribution in [1.29, 1.82) is 0 Å². The van der Waals surface area contributed by atoms with E-state index < -0.39 is 6.61 Å². The first-order valence-corrected chi connectivity index (χ1v) is 6.59. The average molecular weight is 306 g/mol. The van der Waals surface area contributed by atoms with E-state index in [1.54, 1.807) is 18.2 Å². The number of amides is 1. The summed E-state index contributed by atoms with van der Waals surface area (Å²) in [5, 5.41) is 2.70. The average Bonchev–Trinajstić information content (AvgIpc) is 2.49. The maximum Gasteiger partial charge on any atom is 0.387 e. The van der Waals surface area contributed by atoms with E-state index in [4.69, 9.17) is 0 Å². The highest BCUT2D eigenvalue weighted by Gasteiger charge is 2.08. The molecule has 0 aromatic heterocycles. The number of alkyl halides is 2. The number of hydrogen-bond donors (Lipinski definition) is 1. The highest BCUT2D eigenvalue weighted by Crippen LogP contribution is 2.19. The Kier molecular flexibility index (Phi) is 4.93. The summed E-state index contributed by atoms with van der Waals surface area (Å²) in [5.74, 6) is -0.228. The van der Waals surface area contributed by atoms with Gasteiger partial charge in [-0.3, -0.25) is 4.79 Å². The van der Waals surface area contributed by atoms with Gasteiger partial charge in [0, 0.05) is 31.0 Å². The molecule has 1 N–H and O–H groups in total. The van der Waals surface area contributed by atoms with Crippen LogP contribution in [-0.4, -0.2) is 26.6 Å². The van der Waals surface area contributed by atoms with Gasteiger partial charge in [0.1, 0.15) is 5.75 Å². The molecule has 0 heterocycles. The minimum atomic E-state index is -2.87. The number of carbonyl (C=O) groups is 1. The first-order valence-electron chi connectivity index (χ1n) is 6.59. The molecule has 1 amide bonds. The molecule has 0 aliphatic heterocycles. The van der Waals surface area contributed by atoms with Gasteiger partial charge in [-0.05, 0) is 42.5 Å². The molecule has 116 valence electrons. The largest absolute Gasteiger partial charge is 0.435 e. The van der Waals surface area contributed by atoms with Gasteiger partial charge in [-0.1, -0.05) is 6.07 Å². The Balaban J connectivity index is 2.07. The monoisotopic (exact) mass is 306 g/mol. The van der Waals surface area contributed by atoms with Crippen molar-refractivity contribution >= 4 is 17.3 Å². The summed E-state index contributed by atoms with van der Waals surface area (Å²) in [6.45, 7) is -2.87. The smallest absolute Gasteiger partial charge is 0.387 e. The maximum absolute atomic E-state index is 12.2. The van der Waals surface area contributed by atoms with Gasteiger partial charge in [-0.25, -0.2) is 0 Å². The number of carbonyl (C=O) groups excluding carboxylic acids is 1. The predicted molar refractivity (Wildman–Crippen MR) is 81.8 cm³/mol. The fourth-order valence-electron chi connectivity index (χ4n) is 1.85. The number of hydrogen-bond acceptors (Lipinski definition) is 3. The summed E-state index contributed by atoms with van der Waals surface area (Å²) >= 11 is 0. The van der Waals surface area contributed by atoms with Crippen molar-refractivity contribution in [2.24, 2.45) is 0 Å². The number of halogens is 2. The van der Waals surface area contributed by atoms with Crippen LogP contribution in [0.3, 0.4) is 0 Å². The summed E-state index contributed by atoms with van der Waals surface area (Å²) < 4.78 is 28.4. The SMILES string of the molecule is CN(C)c1cccc(C(=O)Nc2ccc(OC(F)F)cc2)c1. The van der Waals surface area contributed by atoms with E-state index in [-0.39, 0.29) is 11.7 Å². The summed E-state index contributed by atoms with van der Waals surface area (Å²) in [5.41, 5.74) is 1.93. The Morgan fingerprint density at radius 3 is 2.41 bits per heavy atom. The molecule has 0 saturated heterocycles. The van der Waals surface area contributed by atoms with Gasteiger partial charge in [0.2, 0.25) is 0 Å². The number of benzene rings is 2. The molecular weight excluding hydrogens is 290 g/mol. The van der Waals surface area contributed by atoms with Crippen LogP contribution in [0, 0.1) is 0 Å². The first kappa shape index (κ1) is 15.8. The van der Waals surface area contributed by atoms with Gasteiger partial charge in [-0.15, -0.1) is 0 Å². The Labute approximate surface area is 127 Å². The van der Waals surface area contributed by atoms with Crippen LogP contribution in [0.15, 0.2) is 48.5 Å². The zero-order chi connectivity index (χ0) is 16.1. The second-order valence-corrected chi connectivity index (χ2v) is 4.80. The molecule has 0 aliphatic carbocycles. The van der Waals surface area contributed by atoms with Crippen LogP contribution in [0.4, 0.5) is 20.2 Å². The lowest BCUT2D eigenvalue weighted by Crippen LogP contribution is -2.14. The van der Waals surface area contributed by atoms with E-state index in [1.165, 1.54) is 24.3 Å². The lowest BCUT2D eigenvalue weighted by Gasteiger charge is -2.13. The van der Waals surface area contributed by atoms with Crippen molar-refractivity contribution in [2.75, 3.05) is 24.3 Å². The van der Waals surface area contributed by atoms with Crippen LogP contribution >= 0.6 is 0 Å². The fraction of sp³-hybridized carbons (Fsp3) is 0.188. The highest BCUT2D eigenvalue weighted by molar-refractivity contribution is 6.04. The summed E-state index contributed by atoms with van der Waals surface area (Å²) in [6, 6.07) is 12.9. The minimum absolute atomic E-state index is 0.0441. The number of nitrogens with one attached hydrogen (secondary N) is 1. The van der Waals surface area contributed by atoms with Crippen LogP contribution in [0.1, 0.15) is 10.4 Å². The van der Waals surface area contributed by atoms with Crippen molar-refractivity contribution in [3.63, 3.8) is 0 Å². The molecule has 0 unspecified atom stereocenters. The number of ether oxygens (including phenoxy) is 1. The third-order valence-corrected chi connectivity index (χ3v) is 2.96. The van der Waals surface area contributed by atoms with Crippen molar-refractivity contribution in [3.05, 3.63) is 54.1 Å². The Bertz CT molecular complexity index is 643. The van der Waals surface area contributed by atoms with Gasteiger partial charge < -0.3 is 15.0 Å². The van der Waals surface area contributed by atoms with Gasteiger partial charge in [0.05, 0.1) is 0 Å². The minimum Gasteiger partial charge on any atom is -0.435 e. The van der Waals surface area contributed by atoms with Crippen LogP contribution in [-0.2, 0) is 0 Å². The third-order valence-electron chi connectivity index (χ3n) is 2.96. The molecule has 0 fully saturated rings. The van der Waals surface area contributed by atoms with E-state index >= 15 is 0 Å². The van der Waals surface area contributed by atoms with Gasteiger partial charge in [0.15, 0.2) is 0 Å². The summed E-state index contributed by atoms with van der Waals surface area (Å²) in [6.07, 6.45) is 0. The second-order valence-electron chi connectivity index (χ2n) is 4.80. The molecule has 2 rings (SSSR count). The van der Waals surface area contributed by atoms with Crippen molar-refractivity contribution in [1.82, 2.24) is 0 Å². The molecule has 0 radical (unpaired) electrons. The molecule has 2 aromatic carbocycles. The number of rotatable bonds is 5. The highest BCUT2D eigenvalue weighted by atomic mass is 19.3. The molecule has 6 heteroatoms. The predicted octanol–water partition coefficient (Wildman–Crippen LogP) is 3.61. The standard InChI is InChI=1S/C16H16F2N2O2/c1-20(2)13-5-3-4-11(10-13)15(21)19-12-6-8-14(9-7-12)22-16(17)18/h3-10,16H,1-2H3,(H,19,21). The molecule has 22 heavy (non-hydrogen) atoms. The zero-order valence-corrected chi connectivity index (χ0v) is 12.2. The van der Waals surface area contributed by atoms with Gasteiger partial charge in [-0.2, -0.15) is 8.78 Å². The first-order chi connectivity index (χ1) is 10.5. The fourth-order valence-corrected chi connectivity index (χ4v) is 1.85. The molecule has 0 aliphatic rings. The van der Waals surface area contributed by atoms with Crippen molar-refractivity contribution < 1.29 is 18.3 Å². The summed E-state index contributed by atoms with van der Waals surface area (Å²) in [7, 11) is 3.78. The van der Waals surface area contributed by atoms with Crippen molar-refractivity contribution in [2.45, 2.75) is 6.61 Å². The lowest BCUT2D eigenvalue weighted by molar-refractivity contribution is -0.0498. The maximum atomic E-state index is 12.2. The van der Waals surface area contributed by atoms with Gasteiger partial charge >= 0.3 is 6.61 Å². The molecule has 4 nitrogen and oxygen atoms in total. The third kappa shape index (κ3) is 4.18. The Hall–Kier alpha value is -2.63. The molecule has 2 aromatic rings. The van der Waals surface area contributed by atoms with Crippen molar-refractivity contribution in [3.8, 4) is 5.75 Å². The van der Waals surface area contributed by atoms with Crippen LogP contribution in [0.25, 0.3) is 0 Å². The van der Waals surface area contributed by atoms with Crippen LogP contribution in [0.5, 0.6) is 5.75 Å². The molecule has 0 saturated carbocycles. The molecule has 0 atom stereocenters. The van der Waals surface area contributed by atoms with E-state index in [0.717, 1.165) is 5.69 Å². The van der Waals surface area contributed by atoms with Crippen LogP contribution in [0.2, 0.25) is 0 Å².